The number of aromatic hydroxyl groups is 1. The van der Waals surface area contributed by atoms with Crippen molar-refractivity contribution in [1.29, 1.82) is 0 Å². The summed E-state index contributed by atoms with van der Waals surface area (Å²) < 4.78 is 0. The van der Waals surface area contributed by atoms with Crippen LogP contribution in [0.5, 0.6) is 5.75 Å². The first-order chi connectivity index (χ1) is 12.6. The minimum atomic E-state index is 0.0214. The highest BCUT2D eigenvalue weighted by Crippen LogP contribution is 2.20. The van der Waals surface area contributed by atoms with Gasteiger partial charge < -0.3 is 15.3 Å². The highest BCUT2D eigenvalue weighted by Gasteiger charge is 2.17. The van der Waals surface area contributed by atoms with E-state index in [1.165, 1.54) is 16.8 Å². The van der Waals surface area contributed by atoms with Crippen LogP contribution in [0.15, 0.2) is 48.5 Å². The van der Waals surface area contributed by atoms with E-state index in [9.17, 15) is 9.90 Å². The molecule has 0 saturated carbocycles. The summed E-state index contributed by atoms with van der Waals surface area (Å²) in [4.78, 5) is 15.7. The average molecular weight is 353 g/mol. The number of carbonyl (C=O) groups is 1. The second-order valence-electron chi connectivity index (χ2n) is 6.83. The number of phenolic OH excluding ortho intramolecular Hbond substituents is 1. The van der Waals surface area contributed by atoms with Gasteiger partial charge in [0.25, 0.3) is 0 Å². The summed E-state index contributed by atoms with van der Waals surface area (Å²) in [5, 5.41) is 12.2. The Morgan fingerprint density at radius 1 is 0.962 bits per heavy atom. The van der Waals surface area contributed by atoms with E-state index in [2.05, 4.69) is 39.4 Å². The molecule has 2 aromatic rings. The molecule has 5 nitrogen and oxygen atoms in total. The first kappa shape index (κ1) is 18.3. The molecule has 2 aromatic carbocycles. The zero-order chi connectivity index (χ0) is 18.4. The van der Waals surface area contributed by atoms with E-state index in [0.29, 0.717) is 12.3 Å². The summed E-state index contributed by atoms with van der Waals surface area (Å²) in [6.07, 6.45) is 0.866. The molecule has 0 bridgehead atoms. The Balaban J connectivity index is 1.45. The van der Waals surface area contributed by atoms with E-state index < -0.39 is 0 Å². The van der Waals surface area contributed by atoms with Gasteiger partial charge in [-0.1, -0.05) is 24.3 Å². The average Bonchev–Trinajstić information content (AvgIpc) is 2.64. The molecule has 26 heavy (non-hydrogen) atoms. The summed E-state index contributed by atoms with van der Waals surface area (Å²) in [6.45, 7) is 7.27. The Hall–Kier alpha value is -2.53. The highest BCUT2D eigenvalue weighted by atomic mass is 16.3. The Morgan fingerprint density at radius 2 is 1.58 bits per heavy atom. The lowest BCUT2D eigenvalue weighted by Gasteiger charge is -2.36. The Morgan fingerprint density at radius 3 is 2.19 bits per heavy atom. The standard InChI is InChI=1S/C21H27N3O2/c1-17(25)22-11-10-18-2-4-19(5-3-18)16-23-12-14-24(15-13-23)20-6-8-21(26)9-7-20/h2-9,26H,10-16H2,1H3,(H,22,25). The smallest absolute Gasteiger partial charge is 0.216 e. The van der Waals surface area contributed by atoms with Gasteiger partial charge in [-0.3, -0.25) is 9.69 Å². The van der Waals surface area contributed by atoms with Gasteiger partial charge in [-0.25, -0.2) is 0 Å². The molecule has 2 N–H and O–H groups in total. The number of rotatable bonds is 6. The summed E-state index contributed by atoms with van der Waals surface area (Å²) in [6, 6.07) is 16.1. The normalized spacial score (nSPS) is 15.0. The molecule has 1 heterocycles. The van der Waals surface area contributed by atoms with Crippen LogP contribution in [-0.2, 0) is 17.8 Å². The van der Waals surface area contributed by atoms with Crippen LogP contribution < -0.4 is 10.2 Å². The van der Waals surface area contributed by atoms with Crippen molar-refractivity contribution in [2.24, 2.45) is 0 Å². The van der Waals surface area contributed by atoms with E-state index in [1.54, 1.807) is 19.1 Å². The quantitative estimate of drug-likeness (QED) is 0.837. The molecule has 5 heteroatoms. The van der Waals surface area contributed by atoms with Crippen LogP contribution in [0.2, 0.25) is 0 Å². The third-order valence-electron chi connectivity index (χ3n) is 4.80. The number of hydrogen-bond donors (Lipinski definition) is 2. The van der Waals surface area contributed by atoms with E-state index >= 15 is 0 Å². The molecule has 1 saturated heterocycles. The van der Waals surface area contributed by atoms with Crippen molar-refractivity contribution < 1.29 is 9.90 Å². The molecule has 1 fully saturated rings. The number of piperazine rings is 1. The molecule has 0 spiro atoms. The first-order valence-electron chi connectivity index (χ1n) is 9.19. The van der Waals surface area contributed by atoms with Gasteiger partial charge in [0.1, 0.15) is 5.75 Å². The van der Waals surface area contributed by atoms with Crippen molar-refractivity contribution in [1.82, 2.24) is 10.2 Å². The number of amides is 1. The summed E-state index contributed by atoms with van der Waals surface area (Å²) in [7, 11) is 0. The van der Waals surface area contributed by atoms with Gasteiger partial charge in [0.15, 0.2) is 0 Å². The lowest BCUT2D eigenvalue weighted by Crippen LogP contribution is -2.45. The number of anilines is 1. The fourth-order valence-corrected chi connectivity index (χ4v) is 3.28. The Bertz CT molecular complexity index is 705. The fraction of sp³-hybridized carbons (Fsp3) is 0.381. The molecule has 1 aliphatic rings. The van der Waals surface area contributed by atoms with Crippen molar-refractivity contribution in [3.05, 3.63) is 59.7 Å². The first-order valence-corrected chi connectivity index (χ1v) is 9.19. The Labute approximate surface area is 155 Å². The minimum absolute atomic E-state index is 0.0214. The molecule has 0 atom stereocenters. The molecule has 0 aromatic heterocycles. The van der Waals surface area contributed by atoms with Gasteiger partial charge in [0.2, 0.25) is 5.91 Å². The molecule has 0 unspecified atom stereocenters. The maximum absolute atomic E-state index is 10.9. The van der Waals surface area contributed by atoms with Crippen LogP contribution in [0.1, 0.15) is 18.1 Å². The number of nitrogens with one attached hydrogen (secondary N) is 1. The van der Waals surface area contributed by atoms with Gasteiger partial charge >= 0.3 is 0 Å². The number of phenols is 1. The fourth-order valence-electron chi connectivity index (χ4n) is 3.28. The maximum atomic E-state index is 10.9. The van der Waals surface area contributed by atoms with Gasteiger partial charge in [-0.2, -0.15) is 0 Å². The number of hydrogen-bond acceptors (Lipinski definition) is 4. The van der Waals surface area contributed by atoms with Crippen LogP contribution in [0.3, 0.4) is 0 Å². The van der Waals surface area contributed by atoms with Crippen LogP contribution >= 0.6 is 0 Å². The zero-order valence-corrected chi connectivity index (χ0v) is 15.3. The van der Waals surface area contributed by atoms with Crippen molar-refractivity contribution in [3.8, 4) is 5.75 Å². The third kappa shape index (κ3) is 5.23. The summed E-state index contributed by atoms with van der Waals surface area (Å²) in [5.41, 5.74) is 3.75. The minimum Gasteiger partial charge on any atom is -0.508 e. The lowest BCUT2D eigenvalue weighted by molar-refractivity contribution is -0.118. The third-order valence-corrected chi connectivity index (χ3v) is 4.80. The van der Waals surface area contributed by atoms with E-state index in [0.717, 1.165) is 39.1 Å². The van der Waals surface area contributed by atoms with E-state index in [4.69, 9.17) is 0 Å². The molecule has 0 aliphatic carbocycles. The van der Waals surface area contributed by atoms with Crippen molar-refractivity contribution >= 4 is 11.6 Å². The lowest BCUT2D eigenvalue weighted by atomic mass is 10.1. The predicted octanol–water partition coefficient (Wildman–Crippen LogP) is 2.39. The van der Waals surface area contributed by atoms with Gasteiger partial charge in [0, 0.05) is 51.9 Å². The largest absolute Gasteiger partial charge is 0.508 e. The van der Waals surface area contributed by atoms with Crippen molar-refractivity contribution in [2.45, 2.75) is 19.9 Å². The molecular weight excluding hydrogens is 326 g/mol. The molecule has 0 radical (unpaired) electrons. The van der Waals surface area contributed by atoms with Crippen LogP contribution in [-0.4, -0.2) is 48.6 Å². The maximum Gasteiger partial charge on any atom is 0.216 e. The topological polar surface area (TPSA) is 55.8 Å². The second-order valence-corrected chi connectivity index (χ2v) is 6.83. The molecule has 3 rings (SSSR count). The van der Waals surface area contributed by atoms with E-state index in [1.807, 2.05) is 12.1 Å². The summed E-state index contributed by atoms with van der Waals surface area (Å²) >= 11 is 0. The molecular formula is C21H27N3O2. The van der Waals surface area contributed by atoms with Gasteiger partial charge in [-0.15, -0.1) is 0 Å². The number of carbonyl (C=O) groups excluding carboxylic acids is 1. The van der Waals surface area contributed by atoms with E-state index in [-0.39, 0.29) is 5.91 Å². The van der Waals surface area contributed by atoms with Crippen LogP contribution in [0.25, 0.3) is 0 Å². The zero-order valence-electron chi connectivity index (χ0n) is 15.3. The van der Waals surface area contributed by atoms with Crippen LogP contribution in [0, 0.1) is 0 Å². The van der Waals surface area contributed by atoms with Crippen molar-refractivity contribution in [3.63, 3.8) is 0 Å². The SMILES string of the molecule is CC(=O)NCCc1ccc(CN2CCN(c3ccc(O)cc3)CC2)cc1. The summed E-state index contributed by atoms with van der Waals surface area (Å²) in [5.74, 6) is 0.334. The van der Waals surface area contributed by atoms with Gasteiger partial charge in [0.05, 0.1) is 0 Å². The highest BCUT2D eigenvalue weighted by molar-refractivity contribution is 5.72. The molecule has 138 valence electrons. The Kier molecular flexibility index (Phi) is 6.12. The monoisotopic (exact) mass is 353 g/mol. The molecule has 1 amide bonds. The van der Waals surface area contributed by atoms with Crippen LogP contribution in [0.4, 0.5) is 5.69 Å². The van der Waals surface area contributed by atoms with Gasteiger partial charge in [-0.05, 0) is 41.8 Å². The second kappa shape index (κ2) is 8.72. The van der Waals surface area contributed by atoms with Crippen molar-refractivity contribution in [2.75, 3.05) is 37.6 Å². The molecule has 1 aliphatic heterocycles. The number of benzene rings is 2. The predicted molar refractivity (Wildman–Crippen MR) is 104 cm³/mol. The number of nitrogens with zero attached hydrogens (tertiary/aromatic N) is 2.